The van der Waals surface area contributed by atoms with E-state index in [1.54, 1.807) is 0 Å². The molecular weight excluding hydrogens is 231 g/mol. The number of hydrogen-bond acceptors (Lipinski definition) is 4. The molecule has 4 nitrogen and oxygen atoms in total. The second-order valence-electron chi connectivity index (χ2n) is 4.06. The van der Waals surface area contributed by atoms with Crippen LogP contribution in [-0.4, -0.2) is 34.2 Å². The molecule has 0 aliphatic carbocycles. The number of carbonyl (C=O) groups is 1. The van der Waals surface area contributed by atoms with Gasteiger partial charge in [-0.1, -0.05) is 19.6 Å². The van der Waals surface area contributed by atoms with Crippen molar-refractivity contribution in [2.45, 2.75) is 19.6 Å². The summed E-state index contributed by atoms with van der Waals surface area (Å²) in [5, 5.41) is 0. The maximum Gasteiger partial charge on any atom is 0.338 e. The summed E-state index contributed by atoms with van der Waals surface area (Å²) in [4.78, 5) is 11.3. The minimum Gasteiger partial charge on any atom is -0.312 e. The first-order valence-electron chi connectivity index (χ1n) is 4.49. The third-order valence-electron chi connectivity index (χ3n) is 1.47. The average Bonchev–Trinajstić information content (AvgIpc) is 2.13. The van der Waals surface area contributed by atoms with Crippen LogP contribution in [0.15, 0.2) is 0 Å². The monoisotopic (exact) mass is 248 g/mol. The Labute approximate surface area is 91.9 Å². The second kappa shape index (κ2) is 5.62. The molecule has 86 valence electrons. The molecule has 0 aromatic carbocycles. The molecule has 0 spiro atoms. The average molecular weight is 248 g/mol. The van der Waals surface area contributed by atoms with E-state index >= 15 is 0 Å². The highest BCUT2D eigenvalue weighted by atomic mass is 31.2. The van der Waals surface area contributed by atoms with Crippen LogP contribution in [0.3, 0.4) is 0 Å². The number of Topliss-reactive ketones (excluding diaryl/α,β-unsaturated/α-hetero) is 1. The highest BCUT2D eigenvalue weighted by Crippen LogP contribution is 2.45. The molecule has 0 aliphatic heterocycles. The van der Waals surface area contributed by atoms with E-state index in [0.29, 0.717) is 0 Å². The summed E-state index contributed by atoms with van der Waals surface area (Å²) in [5.74, 6) is 2.09. The van der Waals surface area contributed by atoms with Crippen molar-refractivity contribution in [2.24, 2.45) is 0 Å². The second-order valence-corrected chi connectivity index (χ2v) is 11.1. The van der Waals surface area contributed by atoms with Crippen molar-refractivity contribution in [2.75, 3.05) is 20.4 Å². The Morgan fingerprint density at radius 1 is 1.27 bits per heavy atom. The SMILES string of the molecule is COP(=O)(CC(=O)C#C[Si](C)(C)C)OC. The Morgan fingerprint density at radius 3 is 2.07 bits per heavy atom. The molecule has 0 N–H and O–H groups in total. The highest BCUT2D eigenvalue weighted by molar-refractivity contribution is 7.54. The van der Waals surface area contributed by atoms with Gasteiger partial charge in [0.25, 0.3) is 0 Å². The molecule has 0 bridgehead atoms. The number of hydrogen-bond donors (Lipinski definition) is 0. The highest BCUT2D eigenvalue weighted by Gasteiger charge is 2.24. The molecule has 0 unspecified atom stereocenters. The maximum atomic E-state index is 11.6. The fourth-order valence-electron chi connectivity index (χ4n) is 0.676. The molecule has 0 heterocycles. The first-order valence-corrected chi connectivity index (χ1v) is 9.72. The lowest BCUT2D eigenvalue weighted by molar-refractivity contribution is -0.111. The van der Waals surface area contributed by atoms with Gasteiger partial charge in [0.15, 0.2) is 0 Å². The Kier molecular flexibility index (Phi) is 5.47. The van der Waals surface area contributed by atoms with Crippen LogP contribution in [0.1, 0.15) is 0 Å². The quantitative estimate of drug-likeness (QED) is 0.433. The summed E-state index contributed by atoms with van der Waals surface area (Å²) in [6.07, 6.45) is -0.280. The van der Waals surface area contributed by atoms with Gasteiger partial charge in [0, 0.05) is 14.2 Å². The third kappa shape index (κ3) is 6.64. The van der Waals surface area contributed by atoms with Gasteiger partial charge in [-0.3, -0.25) is 9.36 Å². The van der Waals surface area contributed by atoms with E-state index in [0.717, 1.165) is 0 Å². The molecule has 0 fully saturated rings. The summed E-state index contributed by atoms with van der Waals surface area (Å²) < 4.78 is 20.9. The molecule has 0 aromatic heterocycles. The van der Waals surface area contributed by atoms with Crippen molar-refractivity contribution in [3.8, 4) is 11.5 Å². The number of rotatable bonds is 4. The predicted molar refractivity (Wildman–Crippen MR) is 62.6 cm³/mol. The van der Waals surface area contributed by atoms with Crippen molar-refractivity contribution in [3.63, 3.8) is 0 Å². The van der Waals surface area contributed by atoms with Crippen LogP contribution in [-0.2, 0) is 18.4 Å². The van der Waals surface area contributed by atoms with E-state index < -0.39 is 21.5 Å². The van der Waals surface area contributed by atoms with Crippen LogP contribution >= 0.6 is 7.60 Å². The van der Waals surface area contributed by atoms with Crippen LogP contribution < -0.4 is 0 Å². The summed E-state index contributed by atoms with van der Waals surface area (Å²) in [6.45, 7) is 6.08. The number of ketones is 1. The molecular formula is C9H17O4PSi. The van der Waals surface area contributed by atoms with E-state index in [2.05, 4.69) is 20.5 Å². The van der Waals surface area contributed by atoms with Crippen molar-refractivity contribution in [3.05, 3.63) is 0 Å². The van der Waals surface area contributed by atoms with Crippen LogP contribution in [0.2, 0.25) is 19.6 Å². The van der Waals surface area contributed by atoms with Crippen LogP contribution in [0.5, 0.6) is 0 Å². The maximum absolute atomic E-state index is 11.6. The van der Waals surface area contributed by atoms with Crippen LogP contribution in [0, 0.1) is 11.5 Å². The van der Waals surface area contributed by atoms with Gasteiger partial charge < -0.3 is 9.05 Å². The zero-order chi connectivity index (χ0) is 12.1. The zero-order valence-corrected chi connectivity index (χ0v) is 11.7. The Balaban J connectivity index is 4.50. The lowest BCUT2D eigenvalue weighted by Crippen LogP contribution is -2.17. The summed E-state index contributed by atoms with van der Waals surface area (Å²) in [7, 11) is -2.32. The standard InChI is InChI=1S/C9H17O4PSi/c1-12-14(11,13-2)8-9(10)6-7-15(3,4)5/h8H2,1-5H3. The topological polar surface area (TPSA) is 52.6 Å². The Bertz CT molecular complexity index is 326. The summed E-state index contributed by atoms with van der Waals surface area (Å²) >= 11 is 0. The van der Waals surface area contributed by atoms with Gasteiger partial charge in [-0.15, -0.1) is 5.54 Å². The Hall–Kier alpha value is -0.403. The van der Waals surface area contributed by atoms with Gasteiger partial charge in [-0.25, -0.2) is 0 Å². The van der Waals surface area contributed by atoms with Crippen molar-refractivity contribution in [1.82, 2.24) is 0 Å². The molecule has 0 aromatic rings. The molecule has 15 heavy (non-hydrogen) atoms. The minimum absolute atomic E-state index is 0.280. The normalized spacial score (nSPS) is 11.8. The van der Waals surface area contributed by atoms with Gasteiger partial charge in [0.2, 0.25) is 5.78 Å². The van der Waals surface area contributed by atoms with E-state index in [1.165, 1.54) is 14.2 Å². The molecule has 0 aliphatic rings. The van der Waals surface area contributed by atoms with Crippen molar-refractivity contribution < 1.29 is 18.4 Å². The molecule has 0 radical (unpaired) electrons. The van der Waals surface area contributed by atoms with Gasteiger partial charge in [-0.05, 0) is 5.92 Å². The van der Waals surface area contributed by atoms with E-state index in [-0.39, 0.29) is 6.16 Å². The predicted octanol–water partition coefficient (Wildman–Crippen LogP) is 1.92. The minimum atomic E-state index is -3.26. The van der Waals surface area contributed by atoms with Crippen LogP contribution in [0.4, 0.5) is 0 Å². The van der Waals surface area contributed by atoms with E-state index in [9.17, 15) is 9.36 Å². The first kappa shape index (κ1) is 14.6. The molecule has 0 atom stereocenters. The molecule has 0 rings (SSSR count). The fraction of sp³-hybridized carbons (Fsp3) is 0.667. The molecule has 0 saturated heterocycles. The van der Waals surface area contributed by atoms with Crippen molar-refractivity contribution in [1.29, 1.82) is 0 Å². The van der Waals surface area contributed by atoms with Crippen LogP contribution in [0.25, 0.3) is 0 Å². The smallest absolute Gasteiger partial charge is 0.312 e. The van der Waals surface area contributed by atoms with Gasteiger partial charge >= 0.3 is 7.60 Å². The van der Waals surface area contributed by atoms with Crippen molar-refractivity contribution >= 4 is 21.5 Å². The number of carbonyl (C=O) groups excluding carboxylic acids is 1. The molecule has 0 amide bonds. The zero-order valence-electron chi connectivity index (χ0n) is 9.79. The summed E-state index contributed by atoms with van der Waals surface area (Å²) in [6, 6.07) is 0. The molecule has 0 saturated carbocycles. The first-order chi connectivity index (χ1) is 6.72. The largest absolute Gasteiger partial charge is 0.338 e. The molecule has 6 heteroatoms. The lowest BCUT2D eigenvalue weighted by atomic mass is 10.5. The Morgan fingerprint density at radius 2 is 1.73 bits per heavy atom. The fourth-order valence-corrected chi connectivity index (χ4v) is 2.03. The van der Waals surface area contributed by atoms with E-state index in [1.807, 2.05) is 19.6 Å². The van der Waals surface area contributed by atoms with E-state index in [4.69, 9.17) is 0 Å². The van der Waals surface area contributed by atoms with Gasteiger partial charge in [-0.2, -0.15) is 0 Å². The van der Waals surface area contributed by atoms with Gasteiger partial charge in [0.1, 0.15) is 14.2 Å². The lowest BCUT2D eigenvalue weighted by Gasteiger charge is -2.10. The summed E-state index contributed by atoms with van der Waals surface area (Å²) in [5.41, 5.74) is 2.90. The van der Waals surface area contributed by atoms with Gasteiger partial charge in [0.05, 0.1) is 0 Å². The third-order valence-corrected chi connectivity index (χ3v) is 4.13.